The van der Waals surface area contributed by atoms with Crippen molar-refractivity contribution in [3.63, 3.8) is 0 Å². The van der Waals surface area contributed by atoms with Gasteiger partial charge in [-0.1, -0.05) is 68.8 Å². The molecule has 3 aliphatic carbocycles. The number of hydrogen-bond donors (Lipinski definition) is 3. The third kappa shape index (κ3) is 4.17. The molecule has 2 aromatic rings. The van der Waals surface area contributed by atoms with E-state index in [4.69, 9.17) is 4.74 Å². The molecule has 2 aromatic carbocycles. The molecule has 1 unspecified atom stereocenters. The molecule has 7 nitrogen and oxygen atoms in total. The summed E-state index contributed by atoms with van der Waals surface area (Å²) in [6, 6.07) is 15.4. The van der Waals surface area contributed by atoms with Gasteiger partial charge in [0, 0.05) is 12.0 Å². The second kappa shape index (κ2) is 9.02. The van der Waals surface area contributed by atoms with Crippen LogP contribution in [-0.2, 0) is 14.3 Å². The third-order valence-electron chi connectivity index (χ3n) is 8.30. The number of fused-ring (bicyclic) bond motifs is 4. The van der Waals surface area contributed by atoms with Crippen LogP contribution in [0.25, 0.3) is 11.1 Å². The molecule has 3 N–H and O–H groups in total. The zero-order valence-corrected chi connectivity index (χ0v) is 20.1. The largest absolute Gasteiger partial charge is 0.480 e. The summed E-state index contributed by atoms with van der Waals surface area (Å²) in [5.74, 6) is -1.19. The van der Waals surface area contributed by atoms with E-state index in [0.29, 0.717) is 19.3 Å². The third-order valence-corrected chi connectivity index (χ3v) is 8.30. The molecule has 184 valence electrons. The van der Waals surface area contributed by atoms with E-state index < -0.39 is 23.5 Å². The molecule has 0 aromatic heterocycles. The number of carbonyl (C=O) groups excluding carboxylic acids is 2. The number of alkyl carbamates (subject to hydrolysis) is 1. The maximum Gasteiger partial charge on any atom is 0.407 e. The monoisotopic (exact) mass is 476 g/mol. The lowest BCUT2D eigenvalue weighted by molar-refractivity contribution is -0.144. The summed E-state index contributed by atoms with van der Waals surface area (Å²) >= 11 is 0. The first-order chi connectivity index (χ1) is 16.8. The van der Waals surface area contributed by atoms with E-state index in [-0.39, 0.29) is 36.3 Å². The molecular formula is C28H32N2O5. The van der Waals surface area contributed by atoms with Crippen LogP contribution in [0.1, 0.15) is 56.6 Å². The quantitative estimate of drug-likeness (QED) is 0.527. The van der Waals surface area contributed by atoms with E-state index in [1.807, 2.05) is 38.1 Å². The number of rotatable bonds is 8. The second-order valence-corrected chi connectivity index (χ2v) is 10.3. The maximum absolute atomic E-state index is 13.0. The highest BCUT2D eigenvalue weighted by Crippen LogP contribution is 2.63. The fourth-order valence-corrected chi connectivity index (χ4v) is 6.06. The molecule has 3 aliphatic rings. The van der Waals surface area contributed by atoms with Crippen LogP contribution in [0.4, 0.5) is 4.79 Å². The van der Waals surface area contributed by atoms with E-state index in [0.717, 1.165) is 17.5 Å². The highest BCUT2D eigenvalue weighted by atomic mass is 16.5. The van der Waals surface area contributed by atoms with Crippen molar-refractivity contribution in [3.05, 3.63) is 59.7 Å². The number of carboxylic acids is 1. The minimum Gasteiger partial charge on any atom is -0.480 e. The highest BCUT2D eigenvalue weighted by Gasteiger charge is 2.65. The van der Waals surface area contributed by atoms with Gasteiger partial charge in [0.05, 0.1) is 5.41 Å². The maximum atomic E-state index is 13.0. The van der Waals surface area contributed by atoms with Crippen LogP contribution in [0, 0.1) is 17.3 Å². The van der Waals surface area contributed by atoms with Crippen LogP contribution < -0.4 is 10.6 Å². The van der Waals surface area contributed by atoms with E-state index in [2.05, 4.69) is 34.9 Å². The van der Waals surface area contributed by atoms with E-state index >= 15 is 0 Å². The van der Waals surface area contributed by atoms with Crippen molar-refractivity contribution in [3.8, 4) is 11.1 Å². The number of benzene rings is 2. The van der Waals surface area contributed by atoms with Crippen LogP contribution >= 0.6 is 0 Å². The van der Waals surface area contributed by atoms with Crippen molar-refractivity contribution in [2.45, 2.75) is 57.5 Å². The van der Waals surface area contributed by atoms with Gasteiger partial charge in [-0.05, 0) is 53.4 Å². The van der Waals surface area contributed by atoms with Gasteiger partial charge in [0.25, 0.3) is 0 Å². The summed E-state index contributed by atoms with van der Waals surface area (Å²) in [6.07, 6.45) is 2.16. The lowest BCUT2D eigenvalue weighted by atomic mass is 9.96. The molecule has 0 heterocycles. The first-order valence-corrected chi connectivity index (χ1v) is 12.5. The molecule has 7 heteroatoms. The fraction of sp³-hybridized carbons (Fsp3) is 0.464. The van der Waals surface area contributed by atoms with Crippen molar-refractivity contribution in [1.29, 1.82) is 0 Å². The van der Waals surface area contributed by atoms with E-state index in [1.165, 1.54) is 11.1 Å². The molecule has 5 atom stereocenters. The van der Waals surface area contributed by atoms with Gasteiger partial charge in [0.15, 0.2) is 0 Å². The number of hydrogen-bond acceptors (Lipinski definition) is 4. The lowest BCUT2D eigenvalue weighted by Crippen LogP contribution is -2.48. The van der Waals surface area contributed by atoms with Gasteiger partial charge in [-0.15, -0.1) is 0 Å². The molecule has 0 bridgehead atoms. The predicted molar refractivity (Wildman–Crippen MR) is 131 cm³/mol. The topological polar surface area (TPSA) is 105 Å². The van der Waals surface area contributed by atoms with Crippen LogP contribution in [0.2, 0.25) is 0 Å². The summed E-state index contributed by atoms with van der Waals surface area (Å²) in [6.45, 7) is 3.99. The molecule has 0 saturated heterocycles. The molecule has 5 rings (SSSR count). The van der Waals surface area contributed by atoms with Crippen LogP contribution in [-0.4, -0.2) is 41.8 Å². The Morgan fingerprint density at radius 1 is 1.06 bits per heavy atom. The van der Waals surface area contributed by atoms with Gasteiger partial charge >= 0.3 is 12.1 Å². The lowest BCUT2D eigenvalue weighted by Gasteiger charge is -2.24. The summed E-state index contributed by atoms with van der Waals surface area (Å²) in [5, 5.41) is 15.2. The number of ether oxygens (including phenoxy) is 1. The Hall–Kier alpha value is -3.35. The molecule has 35 heavy (non-hydrogen) atoms. The van der Waals surface area contributed by atoms with E-state index in [9.17, 15) is 19.5 Å². The Bertz CT molecular complexity index is 1120. The van der Waals surface area contributed by atoms with Crippen molar-refractivity contribution in [2.75, 3.05) is 6.61 Å². The van der Waals surface area contributed by atoms with Crippen LogP contribution in [0.3, 0.4) is 0 Å². The van der Waals surface area contributed by atoms with Crippen LogP contribution in [0.5, 0.6) is 0 Å². The van der Waals surface area contributed by atoms with Gasteiger partial charge in [-0.25, -0.2) is 9.59 Å². The minimum atomic E-state index is -1.01. The van der Waals surface area contributed by atoms with Crippen molar-refractivity contribution in [1.82, 2.24) is 10.6 Å². The standard InChI is InChI=1S/C28H32N2O5/c1-3-16(2)24(25(31)32)30-26(33)28-13-17(28)12-18(14-28)29-27(34)35-15-23-21-10-6-4-8-19(21)20-9-5-7-11-22(20)23/h4-11,16-18,23-24H,3,12-15H2,1-2H3,(H,29,34)(H,30,33)(H,31,32)/t16?,17-,18+,24+,28+/m1/s1. The van der Waals surface area contributed by atoms with Gasteiger partial charge in [0.1, 0.15) is 12.6 Å². The average molecular weight is 477 g/mol. The minimum absolute atomic E-state index is 0.00393. The Labute approximate surface area is 205 Å². The molecule has 2 amide bonds. The van der Waals surface area contributed by atoms with Gasteiger partial charge in [-0.3, -0.25) is 4.79 Å². The molecular weight excluding hydrogens is 444 g/mol. The Morgan fingerprint density at radius 2 is 1.69 bits per heavy atom. The summed E-state index contributed by atoms with van der Waals surface area (Å²) in [7, 11) is 0. The average Bonchev–Trinajstić information content (AvgIpc) is 3.28. The first kappa shape index (κ1) is 23.4. The summed E-state index contributed by atoms with van der Waals surface area (Å²) < 4.78 is 5.66. The Balaban J connectivity index is 1.17. The molecule has 2 fully saturated rings. The summed E-state index contributed by atoms with van der Waals surface area (Å²) in [5.41, 5.74) is 4.11. The second-order valence-electron chi connectivity index (χ2n) is 10.3. The Morgan fingerprint density at radius 3 is 2.29 bits per heavy atom. The molecule has 0 spiro atoms. The van der Waals surface area contributed by atoms with Gasteiger partial charge < -0.3 is 20.5 Å². The number of aliphatic carboxylic acids is 1. The molecule has 2 saturated carbocycles. The normalized spacial score (nSPS) is 25.5. The van der Waals surface area contributed by atoms with Crippen molar-refractivity contribution < 1.29 is 24.2 Å². The van der Waals surface area contributed by atoms with Crippen molar-refractivity contribution >= 4 is 18.0 Å². The van der Waals surface area contributed by atoms with Gasteiger partial charge in [-0.2, -0.15) is 0 Å². The van der Waals surface area contributed by atoms with Crippen LogP contribution in [0.15, 0.2) is 48.5 Å². The first-order valence-electron chi connectivity index (χ1n) is 12.5. The number of carboxylic acid groups (broad SMARTS) is 1. The zero-order valence-electron chi connectivity index (χ0n) is 20.1. The number of nitrogens with one attached hydrogen (secondary N) is 2. The molecule has 0 radical (unpaired) electrons. The molecule has 0 aliphatic heterocycles. The number of amides is 2. The smallest absolute Gasteiger partial charge is 0.407 e. The summed E-state index contributed by atoms with van der Waals surface area (Å²) in [4.78, 5) is 37.3. The number of carbonyl (C=O) groups is 3. The SMILES string of the molecule is CCC(C)[C@H](NC(=O)[C@@]12C[C@@H](NC(=O)OCC3c4ccccc4-c4ccccc43)C[C@@H]1C2)C(=O)O. The van der Waals surface area contributed by atoms with E-state index in [1.54, 1.807) is 0 Å². The predicted octanol–water partition coefficient (Wildman–Crippen LogP) is 4.31. The van der Waals surface area contributed by atoms with Crippen molar-refractivity contribution in [2.24, 2.45) is 17.3 Å². The Kier molecular flexibility index (Phi) is 6.03. The van der Waals surface area contributed by atoms with Gasteiger partial charge in [0.2, 0.25) is 5.91 Å². The fourth-order valence-electron chi connectivity index (χ4n) is 6.06. The zero-order chi connectivity index (χ0) is 24.7. The highest BCUT2D eigenvalue weighted by molar-refractivity contribution is 5.90.